The fraction of sp³-hybridized carbons (Fsp3) is 0.200. The third kappa shape index (κ3) is 4.34. The van der Waals surface area contributed by atoms with Crippen molar-refractivity contribution in [3.63, 3.8) is 0 Å². The molecule has 1 aliphatic rings. The Hall–Kier alpha value is -3.88. The lowest BCUT2D eigenvalue weighted by Crippen LogP contribution is -2.44. The average Bonchev–Trinajstić information content (AvgIpc) is 3.18. The van der Waals surface area contributed by atoms with E-state index in [0.29, 0.717) is 34.5 Å². The van der Waals surface area contributed by atoms with Crippen LogP contribution in [0.3, 0.4) is 0 Å². The SMILES string of the molecule is Cc1nnc(-c2ccc(NC(=O)C(=O)NCC3COc4ccccc4O3)cc2)o1. The van der Waals surface area contributed by atoms with E-state index in [-0.39, 0.29) is 19.3 Å². The Morgan fingerprint density at radius 3 is 2.52 bits per heavy atom. The molecule has 0 aliphatic carbocycles. The fourth-order valence-electron chi connectivity index (χ4n) is 2.75. The summed E-state index contributed by atoms with van der Waals surface area (Å²) in [4.78, 5) is 24.2. The molecule has 1 atom stereocenters. The van der Waals surface area contributed by atoms with Gasteiger partial charge in [-0.1, -0.05) is 12.1 Å². The minimum Gasteiger partial charge on any atom is -0.486 e. The van der Waals surface area contributed by atoms with Gasteiger partial charge in [0.25, 0.3) is 0 Å². The van der Waals surface area contributed by atoms with Crippen LogP contribution < -0.4 is 20.1 Å². The maximum absolute atomic E-state index is 12.1. The number of benzene rings is 2. The number of rotatable bonds is 4. The predicted octanol–water partition coefficient (Wildman–Crippen LogP) is 1.94. The number of hydrogen-bond acceptors (Lipinski definition) is 7. The summed E-state index contributed by atoms with van der Waals surface area (Å²) in [5, 5.41) is 12.8. The summed E-state index contributed by atoms with van der Waals surface area (Å²) in [6.45, 7) is 2.14. The third-order valence-electron chi connectivity index (χ3n) is 4.18. The molecule has 0 saturated carbocycles. The molecule has 29 heavy (non-hydrogen) atoms. The lowest BCUT2D eigenvalue weighted by atomic mass is 10.2. The molecule has 0 radical (unpaired) electrons. The number of carbonyl (C=O) groups excluding carboxylic acids is 2. The van der Waals surface area contributed by atoms with Gasteiger partial charge in [0.2, 0.25) is 11.8 Å². The molecule has 0 saturated heterocycles. The number of para-hydroxylation sites is 2. The molecule has 2 N–H and O–H groups in total. The first kappa shape index (κ1) is 18.5. The Labute approximate surface area is 166 Å². The number of carbonyl (C=O) groups is 2. The molecule has 0 spiro atoms. The molecule has 0 fully saturated rings. The number of fused-ring (bicyclic) bond motifs is 1. The van der Waals surface area contributed by atoms with E-state index >= 15 is 0 Å². The molecule has 3 aromatic rings. The highest BCUT2D eigenvalue weighted by atomic mass is 16.6. The molecular weight excluding hydrogens is 376 g/mol. The van der Waals surface area contributed by atoms with E-state index in [1.807, 2.05) is 18.2 Å². The maximum Gasteiger partial charge on any atom is 0.313 e. The van der Waals surface area contributed by atoms with Gasteiger partial charge in [0, 0.05) is 18.2 Å². The summed E-state index contributed by atoms with van der Waals surface area (Å²) in [6.07, 6.45) is -0.376. The van der Waals surface area contributed by atoms with E-state index in [9.17, 15) is 9.59 Å². The minimum absolute atomic E-state index is 0.149. The number of nitrogens with one attached hydrogen (secondary N) is 2. The second-order valence-corrected chi connectivity index (χ2v) is 6.37. The van der Waals surface area contributed by atoms with E-state index in [1.54, 1.807) is 37.3 Å². The van der Waals surface area contributed by atoms with Crippen molar-refractivity contribution >= 4 is 17.5 Å². The quantitative estimate of drug-likeness (QED) is 0.650. The van der Waals surface area contributed by atoms with Crippen molar-refractivity contribution in [3.05, 3.63) is 54.4 Å². The average molecular weight is 394 g/mol. The van der Waals surface area contributed by atoms with Crippen LogP contribution in [0.4, 0.5) is 5.69 Å². The molecule has 9 heteroatoms. The topological polar surface area (TPSA) is 116 Å². The van der Waals surface area contributed by atoms with Crippen LogP contribution in [0, 0.1) is 6.92 Å². The van der Waals surface area contributed by atoms with Gasteiger partial charge in [-0.25, -0.2) is 0 Å². The molecule has 2 heterocycles. The molecule has 1 aliphatic heterocycles. The van der Waals surface area contributed by atoms with Gasteiger partial charge >= 0.3 is 11.8 Å². The normalized spacial score (nSPS) is 14.9. The van der Waals surface area contributed by atoms with Gasteiger partial charge in [0.15, 0.2) is 11.5 Å². The molecule has 2 aromatic carbocycles. The number of hydrogen-bond donors (Lipinski definition) is 2. The van der Waals surface area contributed by atoms with Gasteiger partial charge in [-0.05, 0) is 36.4 Å². The summed E-state index contributed by atoms with van der Waals surface area (Å²) in [5.41, 5.74) is 1.18. The summed E-state index contributed by atoms with van der Waals surface area (Å²) in [6, 6.07) is 14.0. The zero-order chi connectivity index (χ0) is 20.2. The number of aromatic nitrogens is 2. The molecule has 4 rings (SSSR count). The minimum atomic E-state index is -0.775. The van der Waals surface area contributed by atoms with Gasteiger partial charge in [-0.15, -0.1) is 10.2 Å². The zero-order valence-corrected chi connectivity index (χ0v) is 15.5. The van der Waals surface area contributed by atoms with Gasteiger partial charge in [0.1, 0.15) is 12.7 Å². The van der Waals surface area contributed by atoms with Gasteiger partial charge in [0.05, 0.1) is 6.54 Å². The fourth-order valence-corrected chi connectivity index (χ4v) is 2.75. The highest BCUT2D eigenvalue weighted by Crippen LogP contribution is 2.30. The first-order valence-corrected chi connectivity index (χ1v) is 8.97. The van der Waals surface area contributed by atoms with Crippen molar-refractivity contribution in [1.82, 2.24) is 15.5 Å². The van der Waals surface area contributed by atoms with Crippen molar-refractivity contribution < 1.29 is 23.5 Å². The third-order valence-corrected chi connectivity index (χ3v) is 4.18. The van der Waals surface area contributed by atoms with Gasteiger partial charge < -0.3 is 24.5 Å². The molecular formula is C20H18N4O5. The van der Waals surface area contributed by atoms with E-state index in [1.165, 1.54) is 0 Å². The summed E-state index contributed by atoms with van der Waals surface area (Å²) >= 11 is 0. The Kier molecular flexibility index (Phi) is 5.10. The van der Waals surface area contributed by atoms with Crippen LogP contribution >= 0.6 is 0 Å². The maximum atomic E-state index is 12.1. The highest BCUT2D eigenvalue weighted by molar-refractivity contribution is 6.39. The first-order valence-electron chi connectivity index (χ1n) is 8.97. The van der Waals surface area contributed by atoms with Crippen LogP contribution in [0.2, 0.25) is 0 Å². The highest BCUT2D eigenvalue weighted by Gasteiger charge is 2.22. The lowest BCUT2D eigenvalue weighted by Gasteiger charge is -2.26. The number of amides is 2. The van der Waals surface area contributed by atoms with Crippen molar-refractivity contribution in [2.24, 2.45) is 0 Å². The van der Waals surface area contributed by atoms with Crippen molar-refractivity contribution in [2.75, 3.05) is 18.5 Å². The van der Waals surface area contributed by atoms with Crippen molar-refractivity contribution in [2.45, 2.75) is 13.0 Å². The monoisotopic (exact) mass is 394 g/mol. The van der Waals surface area contributed by atoms with Crippen LogP contribution in [-0.2, 0) is 9.59 Å². The largest absolute Gasteiger partial charge is 0.486 e. The number of nitrogens with zero attached hydrogens (tertiary/aromatic N) is 2. The smallest absolute Gasteiger partial charge is 0.313 e. The predicted molar refractivity (Wildman–Crippen MR) is 102 cm³/mol. The summed E-state index contributed by atoms with van der Waals surface area (Å²) in [7, 11) is 0. The van der Waals surface area contributed by atoms with Crippen LogP contribution in [0.25, 0.3) is 11.5 Å². The number of anilines is 1. The molecule has 9 nitrogen and oxygen atoms in total. The number of aryl methyl sites for hydroxylation is 1. The van der Waals surface area contributed by atoms with Crippen LogP contribution in [-0.4, -0.2) is 41.3 Å². The van der Waals surface area contributed by atoms with E-state index in [0.717, 1.165) is 0 Å². The van der Waals surface area contributed by atoms with Crippen LogP contribution in [0.5, 0.6) is 11.5 Å². The van der Waals surface area contributed by atoms with Crippen LogP contribution in [0.1, 0.15) is 5.89 Å². The standard InChI is InChI=1S/C20H18N4O5/c1-12-23-24-20(28-12)13-6-8-14(9-7-13)22-19(26)18(25)21-10-15-11-27-16-4-2-3-5-17(16)29-15/h2-9,15H,10-11H2,1H3,(H,21,25)(H,22,26). The molecule has 148 valence electrons. The van der Waals surface area contributed by atoms with Gasteiger partial charge in [-0.2, -0.15) is 0 Å². The summed E-state index contributed by atoms with van der Waals surface area (Å²) in [5.74, 6) is 0.581. The summed E-state index contributed by atoms with van der Waals surface area (Å²) < 4.78 is 16.7. The Morgan fingerprint density at radius 2 is 1.79 bits per heavy atom. The zero-order valence-electron chi connectivity index (χ0n) is 15.5. The second kappa shape index (κ2) is 8.01. The van der Waals surface area contributed by atoms with Gasteiger partial charge in [-0.3, -0.25) is 9.59 Å². The van der Waals surface area contributed by atoms with E-state index < -0.39 is 11.8 Å². The lowest BCUT2D eigenvalue weighted by molar-refractivity contribution is -0.136. The van der Waals surface area contributed by atoms with Crippen molar-refractivity contribution in [1.29, 1.82) is 0 Å². The molecule has 2 amide bonds. The van der Waals surface area contributed by atoms with E-state index in [2.05, 4.69) is 20.8 Å². The Balaban J connectivity index is 1.28. The molecule has 1 aromatic heterocycles. The second-order valence-electron chi connectivity index (χ2n) is 6.37. The van der Waals surface area contributed by atoms with Crippen LogP contribution in [0.15, 0.2) is 52.9 Å². The molecule has 1 unspecified atom stereocenters. The number of ether oxygens (including phenoxy) is 2. The molecule has 0 bridgehead atoms. The first-order chi connectivity index (χ1) is 14.1. The Morgan fingerprint density at radius 1 is 1.03 bits per heavy atom. The van der Waals surface area contributed by atoms with E-state index in [4.69, 9.17) is 13.9 Å². The van der Waals surface area contributed by atoms with Crippen molar-refractivity contribution in [3.8, 4) is 23.0 Å². The Bertz CT molecular complexity index is 1030.